The first-order valence-corrected chi connectivity index (χ1v) is 9.48. The van der Waals surface area contributed by atoms with Crippen molar-refractivity contribution in [2.45, 2.75) is 12.8 Å². The Labute approximate surface area is 160 Å². The molecule has 0 bridgehead atoms. The second kappa shape index (κ2) is 7.36. The van der Waals surface area contributed by atoms with Crippen molar-refractivity contribution in [1.29, 1.82) is 0 Å². The van der Waals surface area contributed by atoms with Gasteiger partial charge in [0.2, 0.25) is 4.80 Å². The minimum absolute atomic E-state index is 0.0387. The number of thiazole rings is 1. The lowest BCUT2D eigenvalue weighted by Gasteiger charge is -2.09. The Kier molecular flexibility index (Phi) is 4.77. The quantitative estimate of drug-likeness (QED) is 0.294. The monoisotopic (exact) mass is 381 g/mol. The highest BCUT2D eigenvalue weighted by Gasteiger charge is 2.32. The standard InChI is InChI=1S/C20H19N3O3S/c1-23-15-5-3-4-6-18(15)27-20(23)22-21-12-13-7-10-16(17(11-13)25-2)26-19(24)14-8-9-14/h3-7,10-12,14H,8-9H2,1-2H3/b21-12-,22-20+. The molecular formula is C20H19N3O3S. The first-order valence-electron chi connectivity index (χ1n) is 8.67. The molecular weight excluding hydrogens is 362 g/mol. The maximum atomic E-state index is 11.8. The van der Waals surface area contributed by atoms with E-state index in [4.69, 9.17) is 9.47 Å². The SMILES string of the molecule is COc1cc(/C=N\N=c2\sc3ccccc3n2C)ccc1OC(=O)C1CC1. The average Bonchev–Trinajstić information content (AvgIpc) is 3.49. The molecule has 0 unspecified atom stereocenters. The number of ether oxygens (including phenoxy) is 2. The van der Waals surface area contributed by atoms with Crippen LogP contribution in [0, 0.1) is 5.92 Å². The molecule has 1 heterocycles. The van der Waals surface area contributed by atoms with Crippen LogP contribution in [-0.4, -0.2) is 23.9 Å². The van der Waals surface area contributed by atoms with Gasteiger partial charge in [-0.05, 0) is 48.7 Å². The number of para-hydroxylation sites is 1. The van der Waals surface area contributed by atoms with Gasteiger partial charge in [0.05, 0.1) is 29.5 Å². The van der Waals surface area contributed by atoms with Crippen molar-refractivity contribution < 1.29 is 14.3 Å². The van der Waals surface area contributed by atoms with Gasteiger partial charge in [0.15, 0.2) is 11.5 Å². The molecule has 0 N–H and O–H groups in total. The van der Waals surface area contributed by atoms with E-state index in [9.17, 15) is 4.79 Å². The molecule has 0 spiro atoms. The minimum Gasteiger partial charge on any atom is -0.493 e. The Morgan fingerprint density at radius 3 is 2.78 bits per heavy atom. The van der Waals surface area contributed by atoms with Gasteiger partial charge < -0.3 is 14.0 Å². The molecule has 1 aromatic heterocycles. The summed E-state index contributed by atoms with van der Waals surface area (Å²) in [4.78, 5) is 12.7. The van der Waals surface area contributed by atoms with E-state index in [1.54, 1.807) is 36.8 Å². The zero-order valence-electron chi connectivity index (χ0n) is 15.1. The van der Waals surface area contributed by atoms with Crippen molar-refractivity contribution in [3.63, 3.8) is 0 Å². The van der Waals surface area contributed by atoms with E-state index in [0.717, 1.165) is 33.4 Å². The van der Waals surface area contributed by atoms with E-state index in [2.05, 4.69) is 22.3 Å². The Hall–Kier alpha value is -2.93. The number of methoxy groups -OCH3 is 1. The van der Waals surface area contributed by atoms with Crippen molar-refractivity contribution in [3.05, 3.63) is 52.8 Å². The Morgan fingerprint density at radius 2 is 2.04 bits per heavy atom. The third-order valence-electron chi connectivity index (χ3n) is 4.37. The number of hydrogen-bond acceptors (Lipinski definition) is 6. The summed E-state index contributed by atoms with van der Waals surface area (Å²) in [5.41, 5.74) is 1.94. The summed E-state index contributed by atoms with van der Waals surface area (Å²) in [7, 11) is 3.52. The molecule has 1 saturated carbocycles. The highest BCUT2D eigenvalue weighted by Crippen LogP contribution is 2.34. The number of hydrogen-bond donors (Lipinski definition) is 0. The van der Waals surface area contributed by atoms with E-state index in [1.807, 2.05) is 29.8 Å². The molecule has 0 aliphatic heterocycles. The summed E-state index contributed by atoms with van der Waals surface area (Å²) in [5.74, 6) is 0.776. The minimum atomic E-state index is -0.193. The molecule has 2 aromatic carbocycles. The van der Waals surface area contributed by atoms with E-state index in [0.29, 0.717) is 11.5 Å². The van der Waals surface area contributed by atoms with Crippen molar-refractivity contribution in [2.24, 2.45) is 23.2 Å². The van der Waals surface area contributed by atoms with Crippen LogP contribution in [0.3, 0.4) is 0 Å². The number of fused-ring (bicyclic) bond motifs is 1. The number of rotatable bonds is 5. The number of carbonyl (C=O) groups is 1. The zero-order valence-corrected chi connectivity index (χ0v) is 15.9. The van der Waals surface area contributed by atoms with Crippen molar-refractivity contribution in [2.75, 3.05) is 7.11 Å². The second-order valence-corrected chi connectivity index (χ2v) is 7.37. The fourth-order valence-corrected chi connectivity index (χ4v) is 3.66. The summed E-state index contributed by atoms with van der Waals surface area (Å²) < 4.78 is 13.9. The predicted octanol–water partition coefficient (Wildman–Crippen LogP) is 3.50. The molecule has 7 heteroatoms. The van der Waals surface area contributed by atoms with E-state index >= 15 is 0 Å². The van der Waals surface area contributed by atoms with E-state index < -0.39 is 0 Å². The second-order valence-electron chi connectivity index (χ2n) is 6.36. The number of carbonyl (C=O) groups excluding carboxylic acids is 1. The molecule has 1 aliphatic carbocycles. The molecule has 0 atom stereocenters. The number of benzene rings is 2. The molecule has 1 fully saturated rings. The predicted molar refractivity (Wildman–Crippen MR) is 105 cm³/mol. The summed E-state index contributed by atoms with van der Waals surface area (Å²) in [5, 5.41) is 8.52. The van der Waals surface area contributed by atoms with Crippen LogP contribution in [0.1, 0.15) is 18.4 Å². The van der Waals surface area contributed by atoms with Crippen LogP contribution >= 0.6 is 11.3 Å². The smallest absolute Gasteiger partial charge is 0.314 e. The normalized spacial score (nSPS) is 14.8. The molecule has 4 rings (SSSR count). The fraction of sp³-hybridized carbons (Fsp3) is 0.250. The number of nitrogens with zero attached hydrogens (tertiary/aromatic N) is 3. The maximum absolute atomic E-state index is 11.8. The molecule has 6 nitrogen and oxygen atoms in total. The van der Waals surface area contributed by atoms with Gasteiger partial charge in [-0.1, -0.05) is 23.5 Å². The van der Waals surface area contributed by atoms with Gasteiger partial charge in [-0.15, -0.1) is 5.10 Å². The number of esters is 1. The van der Waals surface area contributed by atoms with Gasteiger partial charge in [0, 0.05) is 7.05 Å². The lowest BCUT2D eigenvalue weighted by Crippen LogP contribution is -2.10. The third kappa shape index (κ3) is 3.78. The average molecular weight is 381 g/mol. The van der Waals surface area contributed by atoms with Crippen LogP contribution in [-0.2, 0) is 11.8 Å². The topological polar surface area (TPSA) is 65.2 Å². The molecule has 0 saturated heterocycles. The Balaban J connectivity index is 1.56. The molecule has 0 radical (unpaired) electrons. The lowest BCUT2D eigenvalue weighted by atomic mass is 10.2. The van der Waals surface area contributed by atoms with Gasteiger partial charge in [-0.2, -0.15) is 5.10 Å². The van der Waals surface area contributed by atoms with Crippen LogP contribution in [0.2, 0.25) is 0 Å². The van der Waals surface area contributed by atoms with Crippen LogP contribution < -0.4 is 14.3 Å². The van der Waals surface area contributed by atoms with Gasteiger partial charge in [-0.3, -0.25) is 4.79 Å². The van der Waals surface area contributed by atoms with Gasteiger partial charge in [0.1, 0.15) is 0 Å². The molecule has 0 amide bonds. The lowest BCUT2D eigenvalue weighted by molar-refractivity contribution is -0.135. The van der Waals surface area contributed by atoms with Crippen molar-refractivity contribution >= 4 is 33.7 Å². The number of aryl methyl sites for hydroxylation is 1. The van der Waals surface area contributed by atoms with E-state index in [-0.39, 0.29) is 11.9 Å². The molecule has 3 aromatic rings. The van der Waals surface area contributed by atoms with Gasteiger partial charge in [0.25, 0.3) is 0 Å². The summed E-state index contributed by atoms with van der Waals surface area (Å²) in [6.45, 7) is 0. The van der Waals surface area contributed by atoms with Crippen LogP contribution in [0.5, 0.6) is 11.5 Å². The van der Waals surface area contributed by atoms with Crippen molar-refractivity contribution in [3.8, 4) is 11.5 Å². The largest absolute Gasteiger partial charge is 0.493 e. The van der Waals surface area contributed by atoms with Crippen LogP contribution in [0.4, 0.5) is 0 Å². The Morgan fingerprint density at radius 1 is 1.22 bits per heavy atom. The van der Waals surface area contributed by atoms with Gasteiger partial charge >= 0.3 is 5.97 Å². The first-order chi connectivity index (χ1) is 13.2. The highest BCUT2D eigenvalue weighted by atomic mass is 32.1. The summed E-state index contributed by atoms with van der Waals surface area (Å²) in [6, 6.07) is 13.5. The first kappa shape index (κ1) is 17.5. The Bertz CT molecular complexity index is 1090. The zero-order chi connectivity index (χ0) is 18.8. The summed E-state index contributed by atoms with van der Waals surface area (Å²) >= 11 is 1.58. The van der Waals surface area contributed by atoms with Crippen LogP contribution in [0.15, 0.2) is 52.7 Å². The number of aromatic nitrogens is 1. The van der Waals surface area contributed by atoms with Crippen LogP contribution in [0.25, 0.3) is 10.2 Å². The third-order valence-corrected chi connectivity index (χ3v) is 5.48. The van der Waals surface area contributed by atoms with E-state index in [1.165, 1.54) is 0 Å². The van der Waals surface area contributed by atoms with Crippen molar-refractivity contribution in [1.82, 2.24) is 4.57 Å². The molecule has 1 aliphatic rings. The highest BCUT2D eigenvalue weighted by molar-refractivity contribution is 7.16. The maximum Gasteiger partial charge on any atom is 0.314 e. The molecule has 138 valence electrons. The van der Waals surface area contributed by atoms with Gasteiger partial charge in [-0.25, -0.2) is 0 Å². The fourth-order valence-electron chi connectivity index (χ4n) is 2.68. The molecule has 27 heavy (non-hydrogen) atoms. The summed E-state index contributed by atoms with van der Waals surface area (Å²) in [6.07, 6.45) is 3.46.